The molecular formula is C14H19N3O2S2. The van der Waals surface area contributed by atoms with Gasteiger partial charge in [0, 0.05) is 18.1 Å². The molecule has 0 saturated carbocycles. The molecule has 2 aromatic rings. The molecule has 0 spiro atoms. The minimum absolute atomic E-state index is 0.222. The molecule has 21 heavy (non-hydrogen) atoms. The molecule has 2 rings (SSSR count). The van der Waals surface area contributed by atoms with Gasteiger partial charge in [-0.25, -0.2) is 18.1 Å². The number of nitrogens with zero attached hydrogens (tertiary/aromatic N) is 1. The number of rotatable bonds is 8. The van der Waals surface area contributed by atoms with Gasteiger partial charge in [-0.3, -0.25) is 0 Å². The molecule has 1 aromatic carbocycles. The zero-order valence-corrected chi connectivity index (χ0v) is 13.5. The molecule has 0 atom stereocenters. The van der Waals surface area contributed by atoms with Crippen molar-refractivity contribution in [2.75, 3.05) is 6.54 Å². The first-order valence-corrected chi connectivity index (χ1v) is 9.16. The van der Waals surface area contributed by atoms with Crippen LogP contribution in [-0.4, -0.2) is 19.9 Å². The Hall–Kier alpha value is -1.28. The van der Waals surface area contributed by atoms with Gasteiger partial charge in [0.25, 0.3) is 0 Å². The largest absolute Gasteiger partial charge is 0.313 e. The molecule has 0 unspecified atom stereocenters. The van der Waals surface area contributed by atoms with E-state index in [0.29, 0.717) is 0 Å². The molecule has 0 bridgehead atoms. The molecule has 0 radical (unpaired) electrons. The van der Waals surface area contributed by atoms with E-state index in [1.165, 1.54) is 11.3 Å². The first-order chi connectivity index (χ1) is 10.1. The van der Waals surface area contributed by atoms with Crippen molar-refractivity contribution in [3.63, 3.8) is 0 Å². The number of aromatic nitrogens is 1. The van der Waals surface area contributed by atoms with Crippen molar-refractivity contribution in [2.45, 2.75) is 31.3 Å². The van der Waals surface area contributed by atoms with Crippen molar-refractivity contribution in [3.05, 3.63) is 46.4 Å². The minimum Gasteiger partial charge on any atom is -0.313 e. The number of sulfonamides is 1. The monoisotopic (exact) mass is 325 g/mol. The van der Waals surface area contributed by atoms with Crippen molar-refractivity contribution in [2.24, 2.45) is 0 Å². The van der Waals surface area contributed by atoms with Crippen molar-refractivity contribution < 1.29 is 8.42 Å². The maximum absolute atomic E-state index is 12.1. The Labute approximate surface area is 129 Å². The van der Waals surface area contributed by atoms with Crippen LogP contribution in [0.5, 0.6) is 0 Å². The van der Waals surface area contributed by atoms with Gasteiger partial charge in [-0.15, -0.1) is 11.3 Å². The van der Waals surface area contributed by atoms with Crippen LogP contribution in [0.3, 0.4) is 0 Å². The first kappa shape index (κ1) is 16.1. The number of thiazole rings is 1. The fourth-order valence-corrected chi connectivity index (χ4v) is 3.41. The second-order valence-corrected chi connectivity index (χ2v) is 7.32. The topological polar surface area (TPSA) is 71.1 Å². The third kappa shape index (κ3) is 4.89. The first-order valence-electron chi connectivity index (χ1n) is 6.79. The van der Waals surface area contributed by atoms with Gasteiger partial charge in [-0.1, -0.05) is 19.1 Å². The number of nitrogens with one attached hydrogen (secondary N) is 2. The zero-order valence-electron chi connectivity index (χ0n) is 11.9. The van der Waals surface area contributed by atoms with Crippen LogP contribution in [0, 0.1) is 0 Å². The van der Waals surface area contributed by atoms with Crippen LogP contribution in [0.4, 0.5) is 0 Å². The summed E-state index contributed by atoms with van der Waals surface area (Å²) in [5, 5.41) is 5.85. The molecule has 1 heterocycles. The van der Waals surface area contributed by atoms with E-state index in [1.54, 1.807) is 18.3 Å². The third-order valence-electron chi connectivity index (χ3n) is 2.89. The van der Waals surface area contributed by atoms with Crippen molar-refractivity contribution >= 4 is 21.4 Å². The van der Waals surface area contributed by atoms with Gasteiger partial charge in [0.05, 0.1) is 11.4 Å². The molecule has 1 aromatic heterocycles. The van der Waals surface area contributed by atoms with E-state index in [-0.39, 0.29) is 11.4 Å². The van der Waals surface area contributed by atoms with E-state index in [4.69, 9.17) is 0 Å². The van der Waals surface area contributed by atoms with Gasteiger partial charge in [0.1, 0.15) is 5.01 Å². The molecule has 0 amide bonds. The van der Waals surface area contributed by atoms with E-state index in [0.717, 1.165) is 30.1 Å². The molecular weight excluding hydrogens is 306 g/mol. The van der Waals surface area contributed by atoms with Gasteiger partial charge in [-0.05, 0) is 30.7 Å². The van der Waals surface area contributed by atoms with Crippen LogP contribution < -0.4 is 10.0 Å². The summed E-state index contributed by atoms with van der Waals surface area (Å²) in [5.74, 6) is 0. The summed E-state index contributed by atoms with van der Waals surface area (Å²) in [6.45, 7) is 4.03. The lowest BCUT2D eigenvalue weighted by atomic mass is 10.2. The number of hydrogen-bond acceptors (Lipinski definition) is 5. The second kappa shape index (κ2) is 7.65. The highest BCUT2D eigenvalue weighted by atomic mass is 32.2. The average Bonchev–Trinajstić information content (AvgIpc) is 3.00. The maximum atomic E-state index is 12.1. The van der Waals surface area contributed by atoms with E-state index in [1.807, 2.05) is 17.5 Å². The summed E-state index contributed by atoms with van der Waals surface area (Å²) in [5.41, 5.74) is 1.07. The lowest BCUT2D eigenvalue weighted by Crippen LogP contribution is -2.23. The SMILES string of the molecule is CCCNCc1ccc(S(=O)(=O)NCc2nccs2)cc1. The molecule has 0 aliphatic rings. The van der Waals surface area contributed by atoms with Crippen LogP contribution in [0.15, 0.2) is 40.7 Å². The quantitative estimate of drug-likeness (QED) is 0.729. The van der Waals surface area contributed by atoms with Crippen LogP contribution in [0.25, 0.3) is 0 Å². The van der Waals surface area contributed by atoms with E-state index < -0.39 is 10.0 Å². The summed E-state index contributed by atoms with van der Waals surface area (Å²) in [6, 6.07) is 6.93. The van der Waals surface area contributed by atoms with E-state index in [9.17, 15) is 8.42 Å². The molecule has 2 N–H and O–H groups in total. The predicted octanol–water partition coefficient (Wildman–Crippen LogP) is 2.12. The summed E-state index contributed by atoms with van der Waals surface area (Å²) in [7, 11) is -3.48. The molecule has 0 fully saturated rings. The summed E-state index contributed by atoms with van der Waals surface area (Å²) in [4.78, 5) is 4.33. The van der Waals surface area contributed by atoms with Crippen LogP contribution >= 0.6 is 11.3 Å². The highest BCUT2D eigenvalue weighted by Gasteiger charge is 2.13. The normalized spacial score (nSPS) is 11.7. The van der Waals surface area contributed by atoms with Crippen molar-refractivity contribution in [1.29, 1.82) is 0 Å². The number of benzene rings is 1. The molecule has 5 nitrogen and oxygen atoms in total. The van der Waals surface area contributed by atoms with Crippen LogP contribution in [0.2, 0.25) is 0 Å². The molecule has 0 saturated heterocycles. The third-order valence-corrected chi connectivity index (χ3v) is 5.08. The Balaban J connectivity index is 1.96. The predicted molar refractivity (Wildman–Crippen MR) is 84.6 cm³/mol. The van der Waals surface area contributed by atoms with Gasteiger partial charge >= 0.3 is 0 Å². The zero-order chi connectivity index (χ0) is 15.1. The van der Waals surface area contributed by atoms with E-state index >= 15 is 0 Å². The highest BCUT2D eigenvalue weighted by Crippen LogP contribution is 2.12. The van der Waals surface area contributed by atoms with E-state index in [2.05, 4.69) is 21.9 Å². The minimum atomic E-state index is -3.48. The van der Waals surface area contributed by atoms with Crippen molar-refractivity contribution in [1.82, 2.24) is 15.0 Å². The van der Waals surface area contributed by atoms with Crippen LogP contribution in [0.1, 0.15) is 23.9 Å². The molecule has 0 aliphatic carbocycles. The van der Waals surface area contributed by atoms with Crippen molar-refractivity contribution in [3.8, 4) is 0 Å². The summed E-state index contributed by atoms with van der Waals surface area (Å²) < 4.78 is 26.9. The Morgan fingerprint density at radius 3 is 2.57 bits per heavy atom. The lowest BCUT2D eigenvalue weighted by molar-refractivity contribution is 0.581. The Bertz CT molecular complexity index is 637. The molecule has 114 valence electrons. The van der Waals surface area contributed by atoms with Gasteiger partial charge in [-0.2, -0.15) is 0 Å². The van der Waals surface area contributed by atoms with Gasteiger partial charge in [0.2, 0.25) is 10.0 Å². The standard InChI is InChI=1S/C14H19N3O2S2/c1-2-7-15-10-12-3-5-13(6-4-12)21(18,19)17-11-14-16-8-9-20-14/h3-6,8-9,15,17H,2,7,10-11H2,1H3. The Morgan fingerprint density at radius 1 is 1.19 bits per heavy atom. The van der Waals surface area contributed by atoms with Crippen LogP contribution in [-0.2, 0) is 23.1 Å². The second-order valence-electron chi connectivity index (χ2n) is 4.57. The fraction of sp³-hybridized carbons (Fsp3) is 0.357. The Kier molecular flexibility index (Phi) is 5.86. The van der Waals surface area contributed by atoms with Gasteiger partial charge in [0.15, 0.2) is 0 Å². The summed E-state index contributed by atoms with van der Waals surface area (Å²) >= 11 is 1.43. The fourth-order valence-electron chi connectivity index (χ4n) is 1.78. The number of hydrogen-bond donors (Lipinski definition) is 2. The highest BCUT2D eigenvalue weighted by molar-refractivity contribution is 7.89. The average molecular weight is 325 g/mol. The molecule has 0 aliphatic heterocycles. The lowest BCUT2D eigenvalue weighted by Gasteiger charge is -2.07. The molecule has 7 heteroatoms. The maximum Gasteiger partial charge on any atom is 0.240 e. The Morgan fingerprint density at radius 2 is 1.95 bits per heavy atom. The smallest absolute Gasteiger partial charge is 0.240 e. The van der Waals surface area contributed by atoms with Gasteiger partial charge < -0.3 is 5.32 Å². The summed E-state index contributed by atoms with van der Waals surface area (Å²) in [6.07, 6.45) is 2.74.